The number of nitrogens with one attached hydrogen (secondary N) is 2. The summed E-state index contributed by atoms with van der Waals surface area (Å²) in [6, 6.07) is 16.1. The number of carbonyl (C=O) groups is 1. The zero-order chi connectivity index (χ0) is 17.6. The molecular formula is C19H17N3O3. The minimum Gasteiger partial charge on any atom is -0.508 e. The number of amides is 1. The minimum atomic E-state index is -0.636. The van der Waals surface area contributed by atoms with Gasteiger partial charge in [-0.3, -0.25) is 15.2 Å². The van der Waals surface area contributed by atoms with E-state index in [0.717, 1.165) is 0 Å². The summed E-state index contributed by atoms with van der Waals surface area (Å²) < 4.78 is 0. The molecule has 0 aliphatic carbocycles. The van der Waals surface area contributed by atoms with E-state index in [4.69, 9.17) is 0 Å². The van der Waals surface area contributed by atoms with E-state index in [1.807, 2.05) is 0 Å². The van der Waals surface area contributed by atoms with Crippen LogP contribution >= 0.6 is 0 Å². The Bertz CT molecular complexity index is 823. The van der Waals surface area contributed by atoms with Crippen molar-refractivity contribution in [1.82, 2.24) is 15.8 Å². The number of para-hydroxylation sites is 2. The van der Waals surface area contributed by atoms with Crippen LogP contribution in [0.1, 0.15) is 27.5 Å². The van der Waals surface area contributed by atoms with Crippen molar-refractivity contribution in [3.63, 3.8) is 0 Å². The molecule has 3 rings (SSSR count). The van der Waals surface area contributed by atoms with Crippen LogP contribution in [0.25, 0.3) is 0 Å². The molecule has 0 saturated heterocycles. The van der Waals surface area contributed by atoms with Gasteiger partial charge in [-0.1, -0.05) is 36.4 Å². The van der Waals surface area contributed by atoms with Gasteiger partial charge in [0.15, 0.2) is 0 Å². The van der Waals surface area contributed by atoms with E-state index in [-0.39, 0.29) is 17.4 Å². The zero-order valence-corrected chi connectivity index (χ0v) is 13.3. The van der Waals surface area contributed by atoms with Gasteiger partial charge < -0.3 is 10.2 Å². The fourth-order valence-corrected chi connectivity index (χ4v) is 2.49. The average molecular weight is 335 g/mol. The number of phenols is 2. The van der Waals surface area contributed by atoms with Crippen molar-refractivity contribution in [1.29, 1.82) is 0 Å². The Morgan fingerprint density at radius 1 is 0.880 bits per heavy atom. The number of aromatic hydroxyl groups is 2. The standard InChI is InChI=1S/C19H17N3O3/c23-16-9-3-1-7-14(16)18(15-8-2-4-10-17(15)24)21-22-19(25)13-6-5-11-20-12-13/h1-12,18,21,23-24H,(H,22,25). The summed E-state index contributed by atoms with van der Waals surface area (Å²) >= 11 is 0. The van der Waals surface area contributed by atoms with E-state index in [1.165, 1.54) is 6.20 Å². The summed E-state index contributed by atoms with van der Waals surface area (Å²) in [6.07, 6.45) is 3.03. The lowest BCUT2D eigenvalue weighted by molar-refractivity contribution is 0.0927. The molecule has 0 radical (unpaired) electrons. The molecule has 25 heavy (non-hydrogen) atoms. The molecule has 4 N–H and O–H groups in total. The number of benzene rings is 2. The van der Waals surface area contributed by atoms with Crippen LogP contribution in [0.3, 0.4) is 0 Å². The highest BCUT2D eigenvalue weighted by atomic mass is 16.3. The second kappa shape index (κ2) is 7.46. The predicted molar refractivity (Wildman–Crippen MR) is 92.9 cm³/mol. The van der Waals surface area contributed by atoms with Crippen molar-refractivity contribution >= 4 is 5.91 Å². The first kappa shape index (κ1) is 16.5. The molecule has 3 aromatic rings. The van der Waals surface area contributed by atoms with Gasteiger partial charge in [0, 0.05) is 23.5 Å². The first-order valence-electron chi connectivity index (χ1n) is 7.68. The van der Waals surface area contributed by atoms with E-state index in [9.17, 15) is 15.0 Å². The quantitative estimate of drug-likeness (QED) is 0.538. The van der Waals surface area contributed by atoms with Crippen LogP contribution in [0.2, 0.25) is 0 Å². The van der Waals surface area contributed by atoms with Crippen molar-refractivity contribution in [3.05, 3.63) is 89.7 Å². The minimum absolute atomic E-state index is 0.0545. The molecule has 1 aromatic heterocycles. The third kappa shape index (κ3) is 3.76. The number of hydrazine groups is 1. The maximum absolute atomic E-state index is 12.2. The first-order valence-corrected chi connectivity index (χ1v) is 7.68. The van der Waals surface area contributed by atoms with Crippen LogP contribution in [0, 0.1) is 0 Å². The van der Waals surface area contributed by atoms with E-state index >= 15 is 0 Å². The van der Waals surface area contributed by atoms with Gasteiger partial charge in [-0.25, -0.2) is 5.43 Å². The summed E-state index contributed by atoms with van der Waals surface area (Å²) in [5, 5.41) is 20.3. The van der Waals surface area contributed by atoms with Crippen LogP contribution < -0.4 is 10.9 Å². The second-order valence-electron chi connectivity index (χ2n) is 5.39. The lowest BCUT2D eigenvalue weighted by Gasteiger charge is -2.22. The lowest BCUT2D eigenvalue weighted by atomic mass is 9.97. The molecule has 126 valence electrons. The third-order valence-electron chi connectivity index (χ3n) is 3.75. The Kier molecular flexibility index (Phi) is 4.92. The van der Waals surface area contributed by atoms with E-state index in [2.05, 4.69) is 15.8 Å². The van der Waals surface area contributed by atoms with Crippen LogP contribution in [-0.2, 0) is 0 Å². The molecule has 0 bridgehead atoms. The van der Waals surface area contributed by atoms with Gasteiger partial charge in [-0.05, 0) is 24.3 Å². The van der Waals surface area contributed by atoms with Crippen LogP contribution in [0.5, 0.6) is 11.5 Å². The number of aromatic nitrogens is 1. The molecule has 6 nitrogen and oxygen atoms in total. The van der Waals surface area contributed by atoms with E-state index in [0.29, 0.717) is 16.7 Å². The fraction of sp³-hybridized carbons (Fsp3) is 0.0526. The maximum Gasteiger partial charge on any atom is 0.266 e. The van der Waals surface area contributed by atoms with Crippen molar-refractivity contribution in [3.8, 4) is 11.5 Å². The van der Waals surface area contributed by atoms with Gasteiger partial charge in [0.2, 0.25) is 0 Å². The monoisotopic (exact) mass is 335 g/mol. The van der Waals surface area contributed by atoms with Gasteiger partial charge in [0.25, 0.3) is 5.91 Å². The van der Waals surface area contributed by atoms with E-state index < -0.39 is 6.04 Å². The van der Waals surface area contributed by atoms with Gasteiger partial charge in [0.1, 0.15) is 11.5 Å². The SMILES string of the molecule is O=C(NNC(c1ccccc1O)c1ccccc1O)c1cccnc1. The Morgan fingerprint density at radius 2 is 1.48 bits per heavy atom. The number of carbonyl (C=O) groups excluding carboxylic acids is 1. The number of hydrogen-bond acceptors (Lipinski definition) is 5. The molecule has 2 aromatic carbocycles. The molecular weight excluding hydrogens is 318 g/mol. The maximum atomic E-state index is 12.2. The summed E-state index contributed by atoms with van der Waals surface area (Å²) in [7, 11) is 0. The van der Waals surface area contributed by atoms with Gasteiger partial charge in [-0.2, -0.15) is 0 Å². The predicted octanol–water partition coefficient (Wildman–Crippen LogP) is 2.52. The number of nitrogens with zero attached hydrogens (tertiary/aromatic N) is 1. The Labute approximate surface area is 144 Å². The fourth-order valence-electron chi connectivity index (χ4n) is 2.49. The topological polar surface area (TPSA) is 94.5 Å². The Hall–Kier alpha value is -3.38. The summed E-state index contributed by atoms with van der Waals surface area (Å²) in [5.74, 6) is -0.262. The van der Waals surface area contributed by atoms with E-state index in [1.54, 1.807) is 66.9 Å². The molecule has 0 spiro atoms. The van der Waals surface area contributed by atoms with Gasteiger partial charge >= 0.3 is 0 Å². The Balaban J connectivity index is 1.89. The number of phenolic OH excluding ortho intramolecular Hbond substituents is 2. The smallest absolute Gasteiger partial charge is 0.266 e. The summed E-state index contributed by atoms with van der Waals surface area (Å²) in [6.45, 7) is 0. The highest BCUT2D eigenvalue weighted by molar-refractivity contribution is 5.93. The number of pyridine rings is 1. The molecule has 1 amide bonds. The molecule has 6 heteroatoms. The molecule has 0 saturated carbocycles. The van der Waals surface area contributed by atoms with Crippen molar-refractivity contribution in [2.75, 3.05) is 0 Å². The summed E-state index contributed by atoms with van der Waals surface area (Å²) in [4.78, 5) is 16.2. The molecule has 0 atom stereocenters. The summed E-state index contributed by atoms with van der Waals surface area (Å²) in [5.41, 5.74) is 6.92. The molecule has 0 aliphatic rings. The second-order valence-corrected chi connectivity index (χ2v) is 5.39. The van der Waals surface area contributed by atoms with Gasteiger partial charge in [-0.15, -0.1) is 0 Å². The van der Waals surface area contributed by atoms with Crippen molar-refractivity contribution in [2.45, 2.75) is 6.04 Å². The zero-order valence-electron chi connectivity index (χ0n) is 13.3. The number of rotatable bonds is 5. The van der Waals surface area contributed by atoms with Gasteiger partial charge in [0.05, 0.1) is 11.6 Å². The molecule has 0 aliphatic heterocycles. The molecule has 0 unspecified atom stereocenters. The number of hydrogen-bond donors (Lipinski definition) is 4. The van der Waals surface area contributed by atoms with Crippen LogP contribution in [-0.4, -0.2) is 21.1 Å². The van der Waals surface area contributed by atoms with Crippen molar-refractivity contribution in [2.24, 2.45) is 0 Å². The lowest BCUT2D eigenvalue weighted by Crippen LogP contribution is -2.40. The molecule has 0 fully saturated rings. The average Bonchev–Trinajstić information content (AvgIpc) is 2.65. The third-order valence-corrected chi connectivity index (χ3v) is 3.75. The normalized spacial score (nSPS) is 10.6. The molecule has 1 heterocycles. The largest absolute Gasteiger partial charge is 0.508 e. The highest BCUT2D eigenvalue weighted by Gasteiger charge is 2.21. The Morgan fingerprint density at radius 3 is 2.00 bits per heavy atom. The van der Waals surface area contributed by atoms with Crippen LogP contribution in [0.15, 0.2) is 73.1 Å². The van der Waals surface area contributed by atoms with Crippen molar-refractivity contribution < 1.29 is 15.0 Å². The van der Waals surface area contributed by atoms with Crippen LogP contribution in [0.4, 0.5) is 0 Å². The first-order chi connectivity index (χ1) is 12.2. The highest BCUT2D eigenvalue weighted by Crippen LogP contribution is 2.33.